The molecule has 0 bridgehead atoms. The summed E-state index contributed by atoms with van der Waals surface area (Å²) in [6, 6.07) is 11.5. The van der Waals surface area contributed by atoms with E-state index < -0.39 is 0 Å². The molecule has 0 aliphatic carbocycles. The van der Waals surface area contributed by atoms with E-state index in [0.29, 0.717) is 0 Å². The SMILES string of the molecule is C/C(=N\NC(=O)CNc1ccc(C)cc1)c1ccncc1. The van der Waals surface area contributed by atoms with Crippen molar-refractivity contribution in [2.45, 2.75) is 13.8 Å². The Morgan fingerprint density at radius 1 is 1.14 bits per heavy atom. The smallest absolute Gasteiger partial charge is 0.259 e. The lowest BCUT2D eigenvalue weighted by atomic mass is 10.2. The lowest BCUT2D eigenvalue weighted by Gasteiger charge is -2.06. The maximum atomic E-state index is 11.7. The number of hydrazone groups is 1. The van der Waals surface area contributed by atoms with E-state index in [1.807, 2.05) is 50.2 Å². The molecule has 0 aliphatic rings. The van der Waals surface area contributed by atoms with Crippen LogP contribution >= 0.6 is 0 Å². The van der Waals surface area contributed by atoms with Gasteiger partial charge in [0.2, 0.25) is 0 Å². The number of amides is 1. The summed E-state index contributed by atoms with van der Waals surface area (Å²) in [6.45, 7) is 4.03. The van der Waals surface area contributed by atoms with E-state index >= 15 is 0 Å². The summed E-state index contributed by atoms with van der Waals surface area (Å²) in [4.78, 5) is 15.7. The molecule has 2 N–H and O–H groups in total. The molecule has 0 aliphatic heterocycles. The van der Waals surface area contributed by atoms with Gasteiger partial charge >= 0.3 is 0 Å². The Bertz CT molecular complexity index is 620. The molecule has 0 atom stereocenters. The summed E-state index contributed by atoms with van der Waals surface area (Å²) in [5.41, 5.74) is 6.28. The van der Waals surface area contributed by atoms with Crippen molar-refractivity contribution in [1.29, 1.82) is 0 Å². The van der Waals surface area contributed by atoms with Crippen molar-refractivity contribution in [3.8, 4) is 0 Å². The lowest BCUT2D eigenvalue weighted by Crippen LogP contribution is -2.26. The highest BCUT2D eigenvalue weighted by molar-refractivity contribution is 5.99. The van der Waals surface area contributed by atoms with E-state index in [2.05, 4.69) is 20.8 Å². The highest BCUT2D eigenvalue weighted by Crippen LogP contribution is 2.07. The lowest BCUT2D eigenvalue weighted by molar-refractivity contribution is -0.119. The van der Waals surface area contributed by atoms with Crippen molar-refractivity contribution in [2.24, 2.45) is 5.10 Å². The second kappa shape index (κ2) is 7.19. The molecule has 108 valence electrons. The van der Waals surface area contributed by atoms with Gasteiger partial charge in [-0.25, -0.2) is 5.43 Å². The summed E-state index contributed by atoms with van der Waals surface area (Å²) in [6.07, 6.45) is 3.38. The molecular weight excluding hydrogens is 264 g/mol. The zero-order valence-corrected chi connectivity index (χ0v) is 12.1. The number of carbonyl (C=O) groups excluding carboxylic acids is 1. The fraction of sp³-hybridized carbons (Fsp3) is 0.188. The number of carbonyl (C=O) groups is 1. The largest absolute Gasteiger partial charge is 0.376 e. The second-order valence-electron chi connectivity index (χ2n) is 4.69. The fourth-order valence-corrected chi connectivity index (χ4v) is 1.70. The van der Waals surface area contributed by atoms with E-state index in [1.165, 1.54) is 5.56 Å². The van der Waals surface area contributed by atoms with Crippen LogP contribution in [0, 0.1) is 6.92 Å². The number of nitrogens with one attached hydrogen (secondary N) is 2. The monoisotopic (exact) mass is 282 g/mol. The first kappa shape index (κ1) is 14.7. The molecule has 0 radical (unpaired) electrons. The Morgan fingerprint density at radius 2 is 1.81 bits per heavy atom. The quantitative estimate of drug-likeness (QED) is 0.653. The molecule has 0 spiro atoms. The van der Waals surface area contributed by atoms with Gasteiger partial charge < -0.3 is 5.32 Å². The van der Waals surface area contributed by atoms with Gasteiger partial charge in [0, 0.05) is 23.6 Å². The van der Waals surface area contributed by atoms with Crippen molar-refractivity contribution in [1.82, 2.24) is 10.4 Å². The maximum Gasteiger partial charge on any atom is 0.259 e. The summed E-state index contributed by atoms with van der Waals surface area (Å²) >= 11 is 0. The first-order chi connectivity index (χ1) is 10.1. The molecule has 0 saturated heterocycles. The van der Waals surface area contributed by atoms with Gasteiger partial charge in [-0.3, -0.25) is 9.78 Å². The van der Waals surface area contributed by atoms with Crippen molar-refractivity contribution in [2.75, 3.05) is 11.9 Å². The Morgan fingerprint density at radius 3 is 2.48 bits per heavy atom. The molecule has 5 nitrogen and oxygen atoms in total. The first-order valence-corrected chi connectivity index (χ1v) is 6.69. The number of aromatic nitrogens is 1. The topological polar surface area (TPSA) is 66.4 Å². The second-order valence-corrected chi connectivity index (χ2v) is 4.69. The molecular formula is C16H18N4O. The van der Waals surface area contributed by atoms with E-state index in [1.54, 1.807) is 12.4 Å². The minimum absolute atomic E-state index is 0.177. The van der Waals surface area contributed by atoms with Gasteiger partial charge in [-0.2, -0.15) is 5.10 Å². The molecule has 2 rings (SSSR count). The van der Waals surface area contributed by atoms with E-state index in [-0.39, 0.29) is 12.5 Å². The Hall–Kier alpha value is -2.69. The Balaban J connectivity index is 1.83. The molecule has 0 unspecified atom stereocenters. The first-order valence-electron chi connectivity index (χ1n) is 6.69. The standard InChI is InChI=1S/C16H18N4O/c1-12-3-5-15(6-4-12)18-11-16(21)20-19-13(2)14-7-9-17-10-8-14/h3-10,18H,11H2,1-2H3,(H,20,21)/b19-13+. The van der Waals surface area contributed by atoms with Crippen LogP contribution in [0.5, 0.6) is 0 Å². The predicted octanol–water partition coefficient (Wildman–Crippen LogP) is 2.34. The highest BCUT2D eigenvalue weighted by Gasteiger charge is 2.01. The molecule has 0 fully saturated rings. The van der Waals surface area contributed by atoms with Gasteiger partial charge in [-0.1, -0.05) is 17.7 Å². The van der Waals surface area contributed by atoms with Crippen LogP contribution < -0.4 is 10.7 Å². The number of nitrogens with zero attached hydrogens (tertiary/aromatic N) is 2. The summed E-state index contributed by atoms with van der Waals surface area (Å²) in [5, 5.41) is 7.11. The summed E-state index contributed by atoms with van der Waals surface area (Å²) in [7, 11) is 0. The van der Waals surface area contributed by atoms with Crippen molar-refractivity contribution in [3.63, 3.8) is 0 Å². The third-order valence-electron chi connectivity index (χ3n) is 2.95. The van der Waals surface area contributed by atoms with Crippen LogP contribution in [0.4, 0.5) is 5.69 Å². The Kier molecular flexibility index (Phi) is 5.04. The molecule has 1 heterocycles. The van der Waals surface area contributed by atoms with Crippen LogP contribution in [-0.2, 0) is 4.79 Å². The highest BCUT2D eigenvalue weighted by atomic mass is 16.2. The molecule has 2 aromatic rings. The number of hydrogen-bond acceptors (Lipinski definition) is 4. The molecule has 5 heteroatoms. The number of aryl methyl sites for hydroxylation is 1. The van der Waals surface area contributed by atoms with Gasteiger partial charge in [0.25, 0.3) is 5.91 Å². The van der Waals surface area contributed by atoms with Crippen LogP contribution in [0.15, 0.2) is 53.9 Å². The average Bonchev–Trinajstić information content (AvgIpc) is 2.53. The fourth-order valence-electron chi connectivity index (χ4n) is 1.70. The number of rotatable bonds is 5. The molecule has 1 aromatic carbocycles. The number of benzene rings is 1. The van der Waals surface area contributed by atoms with Crippen molar-refractivity contribution < 1.29 is 4.79 Å². The summed E-state index contributed by atoms with van der Waals surface area (Å²) < 4.78 is 0. The minimum atomic E-state index is -0.191. The van der Waals surface area contributed by atoms with E-state index in [4.69, 9.17) is 0 Å². The third-order valence-corrected chi connectivity index (χ3v) is 2.95. The summed E-state index contributed by atoms with van der Waals surface area (Å²) in [5.74, 6) is -0.191. The van der Waals surface area contributed by atoms with Crippen molar-refractivity contribution in [3.05, 3.63) is 59.9 Å². The van der Waals surface area contributed by atoms with E-state index in [9.17, 15) is 4.79 Å². The zero-order chi connectivity index (χ0) is 15.1. The van der Waals surface area contributed by atoms with Gasteiger partial charge in [-0.15, -0.1) is 0 Å². The molecule has 21 heavy (non-hydrogen) atoms. The number of pyridine rings is 1. The average molecular weight is 282 g/mol. The van der Waals surface area contributed by atoms with Crippen molar-refractivity contribution >= 4 is 17.3 Å². The van der Waals surface area contributed by atoms with Gasteiger partial charge in [0.1, 0.15) is 0 Å². The van der Waals surface area contributed by atoms with Crippen LogP contribution in [-0.4, -0.2) is 23.1 Å². The normalized spacial score (nSPS) is 11.0. The maximum absolute atomic E-state index is 11.7. The molecule has 0 saturated carbocycles. The number of anilines is 1. The van der Waals surface area contributed by atoms with E-state index in [0.717, 1.165) is 17.0 Å². The third kappa shape index (κ3) is 4.72. The van der Waals surface area contributed by atoms with Gasteiger partial charge in [0.15, 0.2) is 0 Å². The zero-order valence-electron chi connectivity index (χ0n) is 12.1. The predicted molar refractivity (Wildman–Crippen MR) is 84.3 cm³/mol. The van der Waals surface area contributed by atoms with Crippen LogP contribution in [0.25, 0.3) is 0 Å². The van der Waals surface area contributed by atoms with Crippen LogP contribution in [0.2, 0.25) is 0 Å². The molecule has 1 amide bonds. The molecule has 1 aromatic heterocycles. The van der Waals surface area contributed by atoms with Crippen LogP contribution in [0.1, 0.15) is 18.1 Å². The minimum Gasteiger partial charge on any atom is -0.376 e. The van der Waals surface area contributed by atoms with Crippen LogP contribution in [0.3, 0.4) is 0 Å². The number of hydrogen-bond donors (Lipinski definition) is 2. The van der Waals surface area contributed by atoms with Gasteiger partial charge in [0.05, 0.1) is 12.3 Å². The van der Waals surface area contributed by atoms with Gasteiger partial charge in [-0.05, 0) is 38.1 Å². The Labute approximate surface area is 124 Å².